The molecule has 0 atom stereocenters. The minimum Gasteiger partial charge on any atom is -1.00 e. The van der Waals surface area contributed by atoms with Crippen molar-refractivity contribution in [1.82, 2.24) is 4.73 Å². The van der Waals surface area contributed by atoms with Crippen molar-refractivity contribution >= 4 is 12.2 Å². The van der Waals surface area contributed by atoms with Crippen molar-refractivity contribution in [3.63, 3.8) is 0 Å². The fourth-order valence-corrected chi connectivity index (χ4v) is 0.558. The van der Waals surface area contributed by atoms with E-state index >= 15 is 0 Å². The summed E-state index contributed by atoms with van der Waals surface area (Å²) < 4.78 is 1.32. The Morgan fingerprint density at radius 1 is 1.56 bits per heavy atom. The molecule has 44 valence electrons. The number of rotatable bonds is 0. The van der Waals surface area contributed by atoms with E-state index in [1.807, 2.05) is 0 Å². The normalized spacial score (nSPS) is 8.00. The predicted octanol–water partition coefficient (Wildman–Crippen LogP) is -1.43. The van der Waals surface area contributed by atoms with Crippen LogP contribution in [0, 0.1) is 4.64 Å². The van der Waals surface area contributed by atoms with Gasteiger partial charge in [-0.05, 0) is 12.1 Å². The van der Waals surface area contributed by atoms with E-state index in [9.17, 15) is 0 Å². The molecule has 1 heterocycles. The number of nitrogens with zero attached hydrogens (tertiary/aromatic N) is 1. The van der Waals surface area contributed by atoms with Gasteiger partial charge < -0.3 is 6.63 Å². The second kappa shape index (κ2) is 4.60. The molecule has 0 saturated heterocycles. The monoisotopic (exact) mass is 167 g/mol. The van der Waals surface area contributed by atoms with Crippen LogP contribution >= 0.6 is 12.2 Å². The van der Waals surface area contributed by atoms with Gasteiger partial charge in [-0.1, -0.05) is 18.3 Å². The van der Waals surface area contributed by atoms with Gasteiger partial charge >= 0.3 is 51.4 Å². The van der Waals surface area contributed by atoms with Crippen LogP contribution in [-0.2, 0) is 0 Å². The quantitative estimate of drug-likeness (QED) is 0.291. The summed E-state index contributed by atoms with van der Waals surface area (Å²) in [4.78, 5) is 0. The van der Waals surface area contributed by atoms with Gasteiger partial charge in [0.1, 0.15) is 4.64 Å². The summed E-state index contributed by atoms with van der Waals surface area (Å²) in [6, 6.07) is 5.13. The largest absolute Gasteiger partial charge is 1.00 e. The fraction of sp³-hybridized carbons (Fsp3) is 0. The zero-order valence-corrected chi connectivity index (χ0v) is 9.05. The molecule has 0 spiro atoms. The minimum absolute atomic E-state index is 0. The SMILES string of the molecule is On1ccccc1=S.[H-].[K+]. The van der Waals surface area contributed by atoms with Crippen molar-refractivity contribution < 1.29 is 58.0 Å². The van der Waals surface area contributed by atoms with Gasteiger partial charge in [0, 0.05) is 6.20 Å². The van der Waals surface area contributed by atoms with Crippen molar-refractivity contribution in [3.8, 4) is 0 Å². The third kappa shape index (κ3) is 2.93. The van der Waals surface area contributed by atoms with E-state index in [2.05, 4.69) is 12.2 Å². The molecule has 0 saturated carbocycles. The molecular formula is C5H6KNOS. The smallest absolute Gasteiger partial charge is 1.00 e. The number of hydrogen-bond acceptors (Lipinski definition) is 2. The molecule has 4 heteroatoms. The first-order chi connectivity index (χ1) is 3.80. The molecule has 0 bridgehead atoms. The van der Waals surface area contributed by atoms with Crippen LogP contribution in [0.2, 0.25) is 0 Å². The Labute approximate surface area is 102 Å². The maximum atomic E-state index is 8.73. The number of aromatic nitrogens is 1. The Bertz CT molecular complexity index is 239. The maximum absolute atomic E-state index is 8.73. The fourth-order valence-electron chi connectivity index (χ4n) is 0.419. The first kappa shape index (κ1) is 9.81. The van der Waals surface area contributed by atoms with Gasteiger partial charge in [0.05, 0.1) is 0 Å². The van der Waals surface area contributed by atoms with E-state index in [1.54, 1.807) is 18.2 Å². The number of hydrogen-bond donors (Lipinski definition) is 1. The van der Waals surface area contributed by atoms with Crippen LogP contribution in [0.3, 0.4) is 0 Å². The van der Waals surface area contributed by atoms with Crippen LogP contribution < -0.4 is 51.4 Å². The van der Waals surface area contributed by atoms with Gasteiger partial charge in [0.25, 0.3) is 0 Å². The third-order valence-corrected chi connectivity index (χ3v) is 1.13. The van der Waals surface area contributed by atoms with Crippen LogP contribution in [0.25, 0.3) is 0 Å². The van der Waals surface area contributed by atoms with Crippen molar-refractivity contribution in [2.45, 2.75) is 0 Å². The van der Waals surface area contributed by atoms with Crippen molar-refractivity contribution in [1.29, 1.82) is 0 Å². The first-order valence-corrected chi connectivity index (χ1v) is 2.58. The summed E-state index contributed by atoms with van der Waals surface area (Å²) in [5.41, 5.74) is 0. The standard InChI is InChI=1S/C5H5NOS.K.H/c7-6-4-2-1-3-5(6)8;;/h1-4,7H;;/q;+1;-1. The zero-order chi connectivity index (χ0) is 5.98. The van der Waals surface area contributed by atoms with Crippen LogP contribution in [0.5, 0.6) is 0 Å². The summed E-state index contributed by atoms with van der Waals surface area (Å²) in [6.45, 7) is 0. The average Bonchev–Trinajstić information content (AvgIpc) is 1.77. The molecular weight excluding hydrogens is 161 g/mol. The Hall–Kier alpha value is 0.806. The van der Waals surface area contributed by atoms with E-state index in [1.165, 1.54) is 6.20 Å². The molecule has 9 heavy (non-hydrogen) atoms. The van der Waals surface area contributed by atoms with Crippen molar-refractivity contribution in [2.24, 2.45) is 0 Å². The summed E-state index contributed by atoms with van der Waals surface area (Å²) in [7, 11) is 0. The topological polar surface area (TPSA) is 25.2 Å². The predicted molar refractivity (Wildman–Crippen MR) is 33.6 cm³/mol. The van der Waals surface area contributed by atoms with Gasteiger partial charge in [0.2, 0.25) is 0 Å². The van der Waals surface area contributed by atoms with Gasteiger partial charge in [0.15, 0.2) is 0 Å². The van der Waals surface area contributed by atoms with Crippen LogP contribution in [0.1, 0.15) is 1.43 Å². The van der Waals surface area contributed by atoms with Gasteiger partial charge in [-0.15, -0.1) is 0 Å². The average molecular weight is 167 g/mol. The molecule has 0 fully saturated rings. The molecule has 1 N–H and O–H groups in total. The molecule has 1 rings (SSSR count). The van der Waals surface area contributed by atoms with Gasteiger partial charge in [-0.2, -0.15) is 4.73 Å². The molecule has 0 unspecified atom stereocenters. The maximum Gasteiger partial charge on any atom is 1.00 e. The van der Waals surface area contributed by atoms with Crippen LogP contribution in [0.15, 0.2) is 24.4 Å². The zero-order valence-electron chi connectivity index (χ0n) is 6.11. The Morgan fingerprint density at radius 3 is 2.56 bits per heavy atom. The van der Waals surface area contributed by atoms with E-state index in [0.29, 0.717) is 4.64 Å². The van der Waals surface area contributed by atoms with E-state index < -0.39 is 0 Å². The van der Waals surface area contributed by atoms with Crippen molar-refractivity contribution in [3.05, 3.63) is 29.0 Å². The molecule has 1 aromatic rings. The molecule has 0 aliphatic rings. The van der Waals surface area contributed by atoms with Crippen LogP contribution in [0.4, 0.5) is 0 Å². The van der Waals surface area contributed by atoms with Gasteiger partial charge in [-0.25, -0.2) is 0 Å². The van der Waals surface area contributed by atoms with E-state index in [0.717, 1.165) is 4.73 Å². The second-order valence-corrected chi connectivity index (χ2v) is 1.80. The Balaban J connectivity index is 0. The molecule has 0 aliphatic carbocycles. The molecule has 0 aliphatic heterocycles. The molecule has 0 amide bonds. The Morgan fingerprint density at radius 2 is 2.22 bits per heavy atom. The first-order valence-electron chi connectivity index (χ1n) is 2.17. The number of pyridine rings is 1. The van der Waals surface area contributed by atoms with Gasteiger partial charge in [-0.3, -0.25) is 0 Å². The minimum atomic E-state index is 0. The summed E-state index contributed by atoms with van der Waals surface area (Å²) >= 11 is 4.67. The molecule has 2 nitrogen and oxygen atoms in total. The third-order valence-electron chi connectivity index (χ3n) is 0.803. The summed E-state index contributed by atoms with van der Waals surface area (Å²) in [5, 5.41) is 8.73. The summed E-state index contributed by atoms with van der Waals surface area (Å²) in [6.07, 6.45) is 1.49. The van der Waals surface area contributed by atoms with Crippen LogP contribution in [-0.4, -0.2) is 9.94 Å². The molecule has 1 aromatic heterocycles. The molecule has 0 aromatic carbocycles. The second-order valence-electron chi connectivity index (χ2n) is 1.38. The van der Waals surface area contributed by atoms with Crippen molar-refractivity contribution in [2.75, 3.05) is 0 Å². The summed E-state index contributed by atoms with van der Waals surface area (Å²) in [5.74, 6) is 0. The Kier molecular flexibility index (Phi) is 5.01. The van der Waals surface area contributed by atoms with E-state index in [-0.39, 0.29) is 52.8 Å². The molecule has 0 radical (unpaired) electrons. The van der Waals surface area contributed by atoms with E-state index in [4.69, 9.17) is 5.21 Å².